The molecule has 0 aliphatic rings. The molecule has 0 bridgehead atoms. The van der Waals surface area contributed by atoms with Crippen molar-refractivity contribution in [1.82, 2.24) is 10.2 Å². The van der Waals surface area contributed by atoms with E-state index < -0.39 is 37.2 Å². The Morgan fingerprint density at radius 3 is 2.38 bits per heavy atom. The number of likely N-dealkylation sites (N-methyl/N-ethyl adjacent to an activating group) is 1. The van der Waals surface area contributed by atoms with Crippen molar-refractivity contribution in [3.05, 3.63) is 35.9 Å². The molecule has 0 saturated heterocycles. The van der Waals surface area contributed by atoms with E-state index in [0.29, 0.717) is 10.5 Å². The standard InChI is InChI=1S/C13H15F3N2O3/c1-18(8-13(14,15)16)10(19)7-17-12(21)11(20)9-5-3-2-4-6-9/h2-6,11,20H,7-8H2,1H3,(H,17,21). The molecule has 1 unspecified atom stereocenters. The first-order chi connectivity index (χ1) is 9.70. The monoisotopic (exact) mass is 304 g/mol. The zero-order valence-electron chi connectivity index (χ0n) is 11.2. The summed E-state index contributed by atoms with van der Waals surface area (Å²) in [7, 11) is 0.982. The van der Waals surface area contributed by atoms with E-state index in [9.17, 15) is 27.9 Å². The fraction of sp³-hybridized carbons (Fsp3) is 0.385. The minimum Gasteiger partial charge on any atom is -0.378 e. The first-order valence-corrected chi connectivity index (χ1v) is 6.02. The Bertz CT molecular complexity index is 491. The predicted octanol–water partition coefficient (Wildman–Crippen LogP) is 0.857. The summed E-state index contributed by atoms with van der Waals surface area (Å²) in [5.74, 6) is -1.75. The van der Waals surface area contributed by atoms with Crippen LogP contribution in [0.5, 0.6) is 0 Å². The Balaban J connectivity index is 2.48. The molecule has 5 nitrogen and oxygen atoms in total. The van der Waals surface area contributed by atoms with Gasteiger partial charge in [-0.2, -0.15) is 13.2 Å². The minimum atomic E-state index is -4.50. The number of rotatable bonds is 5. The number of amides is 2. The number of nitrogens with zero attached hydrogens (tertiary/aromatic N) is 1. The molecular weight excluding hydrogens is 289 g/mol. The maximum absolute atomic E-state index is 12.1. The minimum absolute atomic E-state index is 0.325. The summed E-state index contributed by atoms with van der Waals surface area (Å²) in [5, 5.41) is 11.8. The Labute approximate surface area is 119 Å². The highest BCUT2D eigenvalue weighted by atomic mass is 19.4. The van der Waals surface area contributed by atoms with E-state index in [1.54, 1.807) is 18.2 Å². The smallest absolute Gasteiger partial charge is 0.378 e. The zero-order chi connectivity index (χ0) is 16.0. The molecule has 1 aromatic rings. The summed E-state index contributed by atoms with van der Waals surface area (Å²) in [6, 6.07) is 7.97. The SMILES string of the molecule is CN(CC(F)(F)F)C(=O)CNC(=O)C(O)c1ccccc1. The van der Waals surface area contributed by atoms with Crippen molar-refractivity contribution in [2.45, 2.75) is 12.3 Å². The number of benzene rings is 1. The number of alkyl halides is 3. The molecule has 2 amide bonds. The van der Waals surface area contributed by atoms with Crippen LogP contribution in [0.4, 0.5) is 13.2 Å². The van der Waals surface area contributed by atoms with Crippen molar-refractivity contribution >= 4 is 11.8 Å². The molecule has 0 aliphatic heterocycles. The van der Waals surface area contributed by atoms with Crippen LogP contribution in [0.1, 0.15) is 11.7 Å². The highest BCUT2D eigenvalue weighted by Gasteiger charge is 2.31. The second-order valence-electron chi connectivity index (χ2n) is 4.40. The van der Waals surface area contributed by atoms with Gasteiger partial charge in [0.15, 0.2) is 6.10 Å². The van der Waals surface area contributed by atoms with Gasteiger partial charge >= 0.3 is 6.18 Å². The lowest BCUT2D eigenvalue weighted by molar-refractivity contribution is -0.158. The van der Waals surface area contributed by atoms with E-state index >= 15 is 0 Å². The number of hydrogen-bond donors (Lipinski definition) is 2. The van der Waals surface area contributed by atoms with E-state index in [2.05, 4.69) is 5.32 Å². The predicted molar refractivity (Wildman–Crippen MR) is 68.1 cm³/mol. The molecule has 0 saturated carbocycles. The molecule has 0 aliphatic carbocycles. The number of aliphatic hydroxyl groups excluding tert-OH is 1. The summed E-state index contributed by atoms with van der Waals surface area (Å²) < 4.78 is 36.3. The molecule has 2 N–H and O–H groups in total. The maximum Gasteiger partial charge on any atom is 0.406 e. The Morgan fingerprint density at radius 2 is 1.86 bits per heavy atom. The molecule has 0 spiro atoms. The molecule has 8 heteroatoms. The molecule has 1 atom stereocenters. The average molecular weight is 304 g/mol. The Morgan fingerprint density at radius 1 is 1.29 bits per heavy atom. The number of halogens is 3. The van der Waals surface area contributed by atoms with Gasteiger partial charge in [-0.05, 0) is 5.56 Å². The summed E-state index contributed by atoms with van der Waals surface area (Å²) in [6.07, 6.45) is -5.98. The topological polar surface area (TPSA) is 69.6 Å². The number of aliphatic hydroxyl groups is 1. The number of hydrogen-bond acceptors (Lipinski definition) is 3. The number of nitrogens with one attached hydrogen (secondary N) is 1. The van der Waals surface area contributed by atoms with Crippen molar-refractivity contribution in [3.8, 4) is 0 Å². The summed E-state index contributed by atoms with van der Waals surface area (Å²) >= 11 is 0. The van der Waals surface area contributed by atoms with Gasteiger partial charge in [0, 0.05) is 7.05 Å². The van der Waals surface area contributed by atoms with Crippen LogP contribution in [0.3, 0.4) is 0 Å². The van der Waals surface area contributed by atoms with Crippen molar-refractivity contribution in [2.75, 3.05) is 20.1 Å². The molecule has 0 radical (unpaired) electrons. The van der Waals surface area contributed by atoms with Crippen LogP contribution >= 0.6 is 0 Å². The number of carbonyl (C=O) groups is 2. The molecule has 21 heavy (non-hydrogen) atoms. The van der Waals surface area contributed by atoms with Crippen molar-refractivity contribution in [2.24, 2.45) is 0 Å². The molecule has 116 valence electrons. The van der Waals surface area contributed by atoms with E-state index in [-0.39, 0.29) is 0 Å². The fourth-order valence-corrected chi connectivity index (χ4v) is 1.54. The zero-order valence-corrected chi connectivity index (χ0v) is 11.2. The van der Waals surface area contributed by atoms with Crippen molar-refractivity contribution in [1.29, 1.82) is 0 Å². The van der Waals surface area contributed by atoms with Gasteiger partial charge in [-0.25, -0.2) is 0 Å². The van der Waals surface area contributed by atoms with Gasteiger partial charge in [-0.3, -0.25) is 9.59 Å². The third kappa shape index (κ3) is 5.82. The lowest BCUT2D eigenvalue weighted by Crippen LogP contribution is -2.43. The maximum atomic E-state index is 12.1. The van der Waals surface area contributed by atoms with Gasteiger partial charge in [-0.15, -0.1) is 0 Å². The lowest BCUT2D eigenvalue weighted by Gasteiger charge is -2.19. The normalized spacial score (nSPS) is 12.6. The highest BCUT2D eigenvalue weighted by molar-refractivity contribution is 5.87. The van der Waals surface area contributed by atoms with Crippen molar-refractivity contribution < 1.29 is 27.9 Å². The van der Waals surface area contributed by atoms with E-state index in [1.165, 1.54) is 12.1 Å². The molecule has 1 rings (SSSR count). The average Bonchev–Trinajstić information content (AvgIpc) is 2.42. The van der Waals surface area contributed by atoms with Gasteiger partial charge in [0.1, 0.15) is 6.54 Å². The van der Waals surface area contributed by atoms with Crippen molar-refractivity contribution in [3.63, 3.8) is 0 Å². The van der Waals surface area contributed by atoms with Crippen LogP contribution in [0.25, 0.3) is 0 Å². The molecule has 0 aromatic heterocycles. The van der Waals surface area contributed by atoms with Crippen LogP contribution in [0.2, 0.25) is 0 Å². The van der Waals surface area contributed by atoms with Gasteiger partial charge in [0.2, 0.25) is 5.91 Å². The first kappa shape index (κ1) is 17.0. The second-order valence-corrected chi connectivity index (χ2v) is 4.40. The van der Waals surface area contributed by atoms with Crippen LogP contribution in [-0.4, -0.2) is 48.1 Å². The molecular formula is C13H15F3N2O3. The number of carbonyl (C=O) groups excluding carboxylic acids is 2. The quantitative estimate of drug-likeness (QED) is 0.847. The van der Waals surface area contributed by atoms with Crippen LogP contribution in [-0.2, 0) is 9.59 Å². The van der Waals surface area contributed by atoms with Gasteiger partial charge in [0.05, 0.1) is 6.54 Å². The van der Waals surface area contributed by atoms with Gasteiger partial charge in [0.25, 0.3) is 5.91 Å². The third-order valence-corrected chi connectivity index (χ3v) is 2.62. The summed E-state index contributed by atoms with van der Waals surface area (Å²) in [4.78, 5) is 23.5. The third-order valence-electron chi connectivity index (χ3n) is 2.62. The van der Waals surface area contributed by atoms with Gasteiger partial charge in [-0.1, -0.05) is 30.3 Å². The molecule has 1 aromatic carbocycles. The molecule has 0 fully saturated rings. The largest absolute Gasteiger partial charge is 0.406 e. The first-order valence-electron chi connectivity index (χ1n) is 6.02. The summed E-state index contributed by atoms with van der Waals surface area (Å²) in [6.45, 7) is -2.02. The molecule has 0 heterocycles. The highest BCUT2D eigenvalue weighted by Crippen LogP contribution is 2.15. The van der Waals surface area contributed by atoms with Crippen LogP contribution < -0.4 is 5.32 Å². The van der Waals surface area contributed by atoms with E-state index in [1.807, 2.05) is 0 Å². The van der Waals surface area contributed by atoms with Crippen LogP contribution in [0, 0.1) is 0 Å². The fourth-order valence-electron chi connectivity index (χ4n) is 1.54. The lowest BCUT2D eigenvalue weighted by atomic mass is 10.1. The summed E-state index contributed by atoms with van der Waals surface area (Å²) in [5.41, 5.74) is 0.325. The van der Waals surface area contributed by atoms with Gasteiger partial charge < -0.3 is 15.3 Å². The Hall–Kier alpha value is -2.09. The Kier molecular flexibility index (Phi) is 5.71. The van der Waals surface area contributed by atoms with E-state index in [4.69, 9.17) is 0 Å². The second kappa shape index (κ2) is 7.07. The van der Waals surface area contributed by atoms with E-state index in [0.717, 1.165) is 7.05 Å². The van der Waals surface area contributed by atoms with Crippen LogP contribution in [0.15, 0.2) is 30.3 Å².